The van der Waals surface area contributed by atoms with Gasteiger partial charge in [-0.05, 0) is 209 Å². The minimum absolute atomic E-state index is 0.258. The van der Waals surface area contributed by atoms with Crippen molar-refractivity contribution in [3.05, 3.63) is 245 Å². The summed E-state index contributed by atoms with van der Waals surface area (Å²) in [5.41, 5.74) is 23.1. The quantitative estimate of drug-likeness (QED) is 0.104. The van der Waals surface area contributed by atoms with Crippen LogP contribution in [-0.4, -0.2) is 12.2 Å². The molecule has 0 amide bonds. The molecule has 0 radical (unpaired) electrons. The Labute approximate surface area is 502 Å². The fourth-order valence-electron chi connectivity index (χ4n) is 15.0. The van der Waals surface area contributed by atoms with Crippen LogP contribution in [0.3, 0.4) is 0 Å². The van der Waals surface area contributed by atoms with Crippen molar-refractivity contribution in [2.75, 3.05) is 16.9 Å². The number of nitrogens with zero attached hydrogens (tertiary/aromatic N) is 2. The first-order chi connectivity index (χ1) is 41.8. The van der Waals surface area contributed by atoms with Gasteiger partial charge in [-0.15, -0.1) is 0 Å². The molecule has 0 spiro atoms. The summed E-state index contributed by atoms with van der Waals surface area (Å²) in [7, 11) is 1.85. The monoisotopic (exact) mass is 1110 g/mol. The first-order valence-corrected chi connectivity index (χ1v) is 31.5. The van der Waals surface area contributed by atoms with Crippen molar-refractivity contribution >= 4 is 72.0 Å². The van der Waals surface area contributed by atoms with E-state index in [0.29, 0.717) is 11.8 Å². The second-order valence-electron chi connectivity index (χ2n) is 24.4. The van der Waals surface area contributed by atoms with Crippen molar-refractivity contribution in [3.63, 3.8) is 0 Å². The van der Waals surface area contributed by atoms with Crippen molar-refractivity contribution in [2.24, 2.45) is 0 Å². The van der Waals surface area contributed by atoms with Gasteiger partial charge in [-0.2, -0.15) is 0 Å². The lowest BCUT2D eigenvalue weighted by Crippen LogP contribution is -2.14. The molecule has 0 saturated heterocycles. The molecule has 11 aromatic rings. The number of phenols is 1. The third-order valence-electron chi connectivity index (χ3n) is 19.3. The SMILES string of the molecule is CCC1=C(c2cccc(-c3cccc(N(c4ccc(C)cc4)c4cc(C5CCCC5)c5ccc6c(N(c7ccc(C)cc7)c7cccc(-c8cccc(-c9ccccc9CC)c8)c7O)cc(C7CCCC7)c7ccc4c5c76)c3OC)c2)C=CCC1. The maximum atomic E-state index is 13.1. The maximum absolute atomic E-state index is 13.1. The van der Waals surface area contributed by atoms with Gasteiger partial charge in [0.1, 0.15) is 5.75 Å². The number of hydrogen-bond acceptors (Lipinski definition) is 4. The van der Waals surface area contributed by atoms with E-state index in [-0.39, 0.29) is 5.75 Å². The van der Waals surface area contributed by atoms with E-state index >= 15 is 0 Å². The number of methoxy groups -OCH3 is 1. The molecule has 422 valence electrons. The number of aryl methyl sites for hydroxylation is 3. The summed E-state index contributed by atoms with van der Waals surface area (Å²) < 4.78 is 6.76. The van der Waals surface area contributed by atoms with E-state index in [1.165, 1.54) is 108 Å². The number of benzene rings is 11. The zero-order valence-corrected chi connectivity index (χ0v) is 50.0. The molecular weight excluding hydrogens is 1030 g/mol. The first kappa shape index (κ1) is 54.1. The molecule has 2 saturated carbocycles. The standard InChI is InChI=1S/C81H76N2O2/c1-6-54-20-12-14-30-64(54)58-26-16-28-60(48-58)66-32-18-34-74(80(66)84)82(62-40-36-52(3)37-41-62)76-50-72(56-22-8-9-23-56)68-45-47-71-77(51-73(57-24-10-11-25-57)69-44-46-70(76)78(68)79(69)71)83(63-42-38-53(4)39-43-63)75-35-19-33-67(81(75)85-5)61-29-17-27-59(49-61)65-31-15-13-21-55(65)7-2/h12,14-20,26-51,56-57,84H,6-11,13,21-25H2,1-5H3. The van der Waals surface area contributed by atoms with Gasteiger partial charge in [0, 0.05) is 33.3 Å². The van der Waals surface area contributed by atoms with Gasteiger partial charge in [-0.25, -0.2) is 0 Å². The topological polar surface area (TPSA) is 35.9 Å². The van der Waals surface area contributed by atoms with E-state index in [0.717, 1.165) is 119 Å². The molecule has 0 bridgehead atoms. The highest BCUT2D eigenvalue weighted by atomic mass is 16.5. The number of allylic oxidation sites excluding steroid dienone is 4. The third kappa shape index (κ3) is 9.74. The van der Waals surface area contributed by atoms with Crippen molar-refractivity contribution in [1.82, 2.24) is 0 Å². The van der Waals surface area contributed by atoms with E-state index in [2.05, 4.69) is 244 Å². The van der Waals surface area contributed by atoms with Gasteiger partial charge >= 0.3 is 0 Å². The van der Waals surface area contributed by atoms with Gasteiger partial charge in [0.2, 0.25) is 0 Å². The average molecular weight is 1110 g/mol. The summed E-state index contributed by atoms with van der Waals surface area (Å²) in [6.45, 7) is 8.84. The highest BCUT2D eigenvalue weighted by Gasteiger charge is 2.32. The van der Waals surface area contributed by atoms with E-state index < -0.39 is 0 Å². The van der Waals surface area contributed by atoms with E-state index in [1.54, 1.807) is 0 Å². The normalized spacial score (nSPS) is 14.8. The summed E-state index contributed by atoms with van der Waals surface area (Å²) in [5.74, 6) is 1.92. The number of phenolic OH excluding ortho intramolecular Hbond substituents is 1. The first-order valence-electron chi connectivity index (χ1n) is 31.5. The summed E-state index contributed by atoms with van der Waals surface area (Å²) in [4.78, 5) is 4.88. The molecule has 11 aromatic carbocycles. The van der Waals surface area contributed by atoms with Crippen LogP contribution in [-0.2, 0) is 6.42 Å². The fourth-order valence-corrected chi connectivity index (χ4v) is 15.0. The lowest BCUT2D eigenvalue weighted by Gasteiger charge is -2.33. The Morgan fingerprint density at radius 3 is 1.52 bits per heavy atom. The fraction of sp³-hybridized carbons (Fsp3) is 0.235. The molecule has 0 aromatic heterocycles. The van der Waals surface area contributed by atoms with E-state index in [9.17, 15) is 5.11 Å². The molecule has 0 heterocycles. The van der Waals surface area contributed by atoms with Gasteiger partial charge in [-0.1, -0.05) is 202 Å². The number of ether oxygens (including phenoxy) is 1. The predicted octanol–water partition coefficient (Wildman–Crippen LogP) is 23.2. The Kier molecular flexibility index (Phi) is 14.6. The van der Waals surface area contributed by atoms with Crippen molar-refractivity contribution in [3.8, 4) is 44.9 Å². The van der Waals surface area contributed by atoms with Crippen LogP contribution in [0, 0.1) is 13.8 Å². The van der Waals surface area contributed by atoms with Crippen LogP contribution in [0.25, 0.3) is 71.3 Å². The minimum Gasteiger partial charge on any atom is -0.505 e. The van der Waals surface area contributed by atoms with Crippen LogP contribution in [0.2, 0.25) is 0 Å². The van der Waals surface area contributed by atoms with Gasteiger partial charge in [0.05, 0.1) is 29.9 Å². The van der Waals surface area contributed by atoms with Crippen LogP contribution < -0.4 is 14.5 Å². The number of rotatable bonds is 15. The van der Waals surface area contributed by atoms with Crippen molar-refractivity contribution in [1.29, 1.82) is 0 Å². The summed E-state index contributed by atoms with van der Waals surface area (Å²) >= 11 is 0. The molecule has 3 aliphatic rings. The van der Waals surface area contributed by atoms with Crippen LogP contribution in [0.4, 0.5) is 34.1 Å². The largest absolute Gasteiger partial charge is 0.505 e. The maximum Gasteiger partial charge on any atom is 0.150 e. The van der Waals surface area contributed by atoms with Crippen LogP contribution >= 0.6 is 0 Å². The Morgan fingerprint density at radius 1 is 0.459 bits per heavy atom. The van der Waals surface area contributed by atoms with Crippen molar-refractivity contribution < 1.29 is 9.84 Å². The molecule has 14 rings (SSSR count). The molecule has 0 unspecified atom stereocenters. The van der Waals surface area contributed by atoms with Gasteiger partial charge in [-0.3, -0.25) is 0 Å². The van der Waals surface area contributed by atoms with Gasteiger partial charge in [0.25, 0.3) is 0 Å². The van der Waals surface area contributed by atoms with E-state index in [4.69, 9.17) is 4.74 Å². The summed E-state index contributed by atoms with van der Waals surface area (Å²) in [5, 5.41) is 20.8. The van der Waals surface area contributed by atoms with Gasteiger partial charge < -0.3 is 19.6 Å². The second-order valence-corrected chi connectivity index (χ2v) is 24.4. The lowest BCUT2D eigenvalue weighted by atomic mass is 9.82. The second kappa shape index (κ2) is 23.0. The number of hydrogen-bond donors (Lipinski definition) is 1. The molecule has 4 nitrogen and oxygen atoms in total. The van der Waals surface area contributed by atoms with E-state index in [1.807, 2.05) is 7.11 Å². The van der Waals surface area contributed by atoms with Crippen LogP contribution in [0.5, 0.6) is 11.5 Å². The smallest absolute Gasteiger partial charge is 0.150 e. The number of aromatic hydroxyl groups is 1. The Morgan fingerprint density at radius 2 is 0.941 bits per heavy atom. The molecule has 0 atom stereocenters. The Balaban J connectivity index is 1.03. The Hall–Kier alpha value is -8.86. The number of para-hydroxylation sites is 2. The average Bonchev–Trinajstić information content (AvgIpc) is 1.43. The minimum atomic E-state index is 0.258. The van der Waals surface area contributed by atoms with Crippen LogP contribution in [0.15, 0.2) is 212 Å². The molecule has 1 N–H and O–H groups in total. The molecule has 2 fully saturated rings. The third-order valence-corrected chi connectivity index (χ3v) is 19.3. The van der Waals surface area contributed by atoms with Crippen LogP contribution in [0.1, 0.15) is 130 Å². The predicted molar refractivity (Wildman–Crippen MR) is 361 cm³/mol. The van der Waals surface area contributed by atoms with Crippen molar-refractivity contribution in [2.45, 2.75) is 117 Å². The van der Waals surface area contributed by atoms with Gasteiger partial charge in [0.15, 0.2) is 5.75 Å². The molecule has 0 aliphatic heterocycles. The molecule has 4 heteroatoms. The highest BCUT2D eigenvalue weighted by molar-refractivity contribution is 6.29. The number of anilines is 6. The Bertz CT molecular complexity index is 4360. The summed E-state index contributed by atoms with van der Waals surface area (Å²) in [6, 6.07) is 72.4. The lowest BCUT2D eigenvalue weighted by molar-refractivity contribution is 0.417. The zero-order chi connectivity index (χ0) is 57.7. The molecule has 85 heavy (non-hydrogen) atoms. The zero-order valence-electron chi connectivity index (χ0n) is 50.0. The summed E-state index contributed by atoms with van der Waals surface area (Å²) in [6.07, 6.45) is 18.4. The molecular formula is C81H76N2O2. The molecule has 3 aliphatic carbocycles. The highest BCUT2D eigenvalue weighted by Crippen LogP contribution is 2.56.